The maximum Gasteiger partial charge on any atom is 0.130 e. The lowest BCUT2D eigenvalue weighted by molar-refractivity contribution is 0.286. The topological polar surface area (TPSA) is 37.8 Å². The van der Waals surface area contributed by atoms with Gasteiger partial charge in [-0.1, -0.05) is 23.8 Å². The molecule has 1 atom stereocenters. The van der Waals surface area contributed by atoms with Gasteiger partial charge in [0.15, 0.2) is 0 Å². The molecule has 1 heterocycles. The minimum Gasteiger partial charge on any atom is -0.372 e. The molecule has 1 aromatic rings. The van der Waals surface area contributed by atoms with Gasteiger partial charge in [-0.3, -0.25) is 0 Å². The summed E-state index contributed by atoms with van der Waals surface area (Å²) >= 11 is 1.43. The van der Waals surface area contributed by atoms with Gasteiger partial charge in [0.1, 0.15) is 5.00 Å². The SMILES string of the molecule is CC(CC1CCC1)Nc1cnns1. The Bertz CT molecular complexity index is 243. The zero-order chi connectivity index (χ0) is 9.10. The van der Waals surface area contributed by atoms with Gasteiger partial charge in [-0.05, 0) is 19.3 Å². The zero-order valence-corrected chi connectivity index (χ0v) is 8.68. The molecule has 1 fully saturated rings. The molecule has 1 N–H and O–H groups in total. The molecular weight excluding hydrogens is 182 g/mol. The highest BCUT2D eigenvalue weighted by molar-refractivity contribution is 7.09. The number of anilines is 1. The van der Waals surface area contributed by atoms with E-state index in [0.29, 0.717) is 6.04 Å². The van der Waals surface area contributed by atoms with Crippen molar-refractivity contribution in [2.75, 3.05) is 5.32 Å². The molecule has 2 rings (SSSR count). The van der Waals surface area contributed by atoms with Crippen LogP contribution >= 0.6 is 11.5 Å². The third-order valence-corrected chi connectivity index (χ3v) is 3.26. The molecule has 3 nitrogen and oxygen atoms in total. The predicted octanol–water partition coefficient (Wildman–Crippen LogP) is 2.53. The number of nitrogens with zero attached hydrogens (tertiary/aromatic N) is 2. The number of nitrogens with one attached hydrogen (secondary N) is 1. The molecule has 72 valence electrons. The molecule has 0 aromatic carbocycles. The molecule has 1 aliphatic rings. The second-order valence-electron chi connectivity index (χ2n) is 3.86. The van der Waals surface area contributed by atoms with Crippen LogP contribution in [0.2, 0.25) is 0 Å². The van der Waals surface area contributed by atoms with Crippen molar-refractivity contribution < 1.29 is 0 Å². The summed E-state index contributed by atoms with van der Waals surface area (Å²) in [5.41, 5.74) is 0. The summed E-state index contributed by atoms with van der Waals surface area (Å²) in [5, 5.41) is 8.30. The van der Waals surface area contributed by atoms with Gasteiger partial charge in [0.2, 0.25) is 0 Å². The number of aromatic nitrogens is 2. The van der Waals surface area contributed by atoms with Crippen LogP contribution in [0.1, 0.15) is 32.6 Å². The van der Waals surface area contributed by atoms with Gasteiger partial charge in [-0.15, -0.1) is 5.10 Å². The third kappa shape index (κ3) is 2.40. The van der Waals surface area contributed by atoms with Crippen LogP contribution in [0.4, 0.5) is 5.00 Å². The average molecular weight is 197 g/mol. The highest BCUT2D eigenvalue weighted by atomic mass is 32.1. The van der Waals surface area contributed by atoms with E-state index in [1.54, 1.807) is 6.20 Å². The molecule has 0 amide bonds. The monoisotopic (exact) mass is 197 g/mol. The van der Waals surface area contributed by atoms with Gasteiger partial charge in [0.25, 0.3) is 0 Å². The van der Waals surface area contributed by atoms with Crippen molar-refractivity contribution in [1.82, 2.24) is 9.59 Å². The molecule has 0 radical (unpaired) electrons. The Morgan fingerprint density at radius 3 is 3.08 bits per heavy atom. The second-order valence-corrected chi connectivity index (χ2v) is 4.65. The van der Waals surface area contributed by atoms with Gasteiger partial charge in [-0.2, -0.15) is 0 Å². The van der Waals surface area contributed by atoms with E-state index in [4.69, 9.17) is 0 Å². The molecule has 1 aliphatic carbocycles. The minimum atomic E-state index is 0.563. The van der Waals surface area contributed by atoms with Crippen LogP contribution in [0.15, 0.2) is 6.20 Å². The van der Waals surface area contributed by atoms with Gasteiger partial charge < -0.3 is 5.32 Å². The van der Waals surface area contributed by atoms with Crippen molar-refractivity contribution in [2.24, 2.45) is 5.92 Å². The van der Waals surface area contributed by atoms with Crippen LogP contribution < -0.4 is 5.32 Å². The van der Waals surface area contributed by atoms with Crippen LogP contribution in [0.3, 0.4) is 0 Å². The molecular formula is C9H15N3S. The van der Waals surface area contributed by atoms with E-state index < -0.39 is 0 Å². The van der Waals surface area contributed by atoms with Crippen molar-refractivity contribution in [1.29, 1.82) is 0 Å². The van der Waals surface area contributed by atoms with E-state index in [0.717, 1.165) is 10.9 Å². The Morgan fingerprint density at radius 1 is 1.69 bits per heavy atom. The highest BCUT2D eigenvalue weighted by Gasteiger charge is 2.19. The van der Waals surface area contributed by atoms with Crippen LogP contribution in [0.25, 0.3) is 0 Å². The van der Waals surface area contributed by atoms with Crippen LogP contribution in [0, 0.1) is 5.92 Å². The van der Waals surface area contributed by atoms with Crippen LogP contribution in [0.5, 0.6) is 0 Å². The van der Waals surface area contributed by atoms with Gasteiger partial charge in [0, 0.05) is 17.6 Å². The summed E-state index contributed by atoms with van der Waals surface area (Å²) in [7, 11) is 0. The maximum absolute atomic E-state index is 3.82. The summed E-state index contributed by atoms with van der Waals surface area (Å²) in [6.07, 6.45) is 7.36. The van der Waals surface area contributed by atoms with Crippen molar-refractivity contribution in [3.8, 4) is 0 Å². The Hall–Kier alpha value is -0.640. The first-order chi connectivity index (χ1) is 6.34. The van der Waals surface area contributed by atoms with Gasteiger partial charge >= 0.3 is 0 Å². The second kappa shape index (κ2) is 4.05. The number of hydrogen-bond acceptors (Lipinski definition) is 4. The normalized spacial score (nSPS) is 19.5. The molecule has 13 heavy (non-hydrogen) atoms. The Labute approximate surface area is 82.7 Å². The lowest BCUT2D eigenvalue weighted by atomic mass is 9.81. The first-order valence-corrected chi connectivity index (χ1v) is 5.66. The fourth-order valence-electron chi connectivity index (χ4n) is 1.76. The number of hydrogen-bond donors (Lipinski definition) is 1. The van der Waals surface area contributed by atoms with E-state index in [1.807, 2.05) is 0 Å². The van der Waals surface area contributed by atoms with E-state index >= 15 is 0 Å². The largest absolute Gasteiger partial charge is 0.372 e. The molecule has 0 spiro atoms. The minimum absolute atomic E-state index is 0.563. The van der Waals surface area contributed by atoms with Crippen LogP contribution in [-0.2, 0) is 0 Å². The van der Waals surface area contributed by atoms with Crippen molar-refractivity contribution >= 4 is 16.5 Å². The lowest BCUT2D eigenvalue weighted by Crippen LogP contribution is -2.22. The fraction of sp³-hybridized carbons (Fsp3) is 0.778. The summed E-state index contributed by atoms with van der Waals surface area (Å²) < 4.78 is 3.82. The zero-order valence-electron chi connectivity index (χ0n) is 7.86. The van der Waals surface area contributed by atoms with Gasteiger partial charge in [0.05, 0.1) is 6.20 Å². The Kier molecular flexibility index (Phi) is 2.78. The van der Waals surface area contributed by atoms with E-state index in [1.165, 1.54) is 37.2 Å². The maximum atomic E-state index is 3.82. The summed E-state index contributed by atoms with van der Waals surface area (Å²) in [6, 6.07) is 0.563. The highest BCUT2D eigenvalue weighted by Crippen LogP contribution is 2.31. The van der Waals surface area contributed by atoms with E-state index in [2.05, 4.69) is 21.8 Å². The molecule has 0 saturated heterocycles. The van der Waals surface area contributed by atoms with E-state index in [-0.39, 0.29) is 0 Å². The molecule has 0 aliphatic heterocycles. The molecule has 1 aromatic heterocycles. The lowest BCUT2D eigenvalue weighted by Gasteiger charge is -2.28. The Morgan fingerprint density at radius 2 is 2.54 bits per heavy atom. The fourth-order valence-corrected chi connectivity index (χ4v) is 2.29. The standard InChI is InChI=1S/C9H15N3S/c1-7(5-8-3-2-4-8)11-9-6-10-12-13-9/h6-8,11H,2-5H2,1H3. The number of rotatable bonds is 4. The molecule has 4 heteroatoms. The average Bonchev–Trinajstić information content (AvgIpc) is 2.49. The molecule has 1 unspecified atom stereocenters. The molecule has 1 saturated carbocycles. The predicted molar refractivity (Wildman–Crippen MR) is 55.0 cm³/mol. The van der Waals surface area contributed by atoms with Crippen LogP contribution in [-0.4, -0.2) is 15.6 Å². The third-order valence-electron chi connectivity index (χ3n) is 2.66. The Balaban J connectivity index is 1.74. The van der Waals surface area contributed by atoms with Crippen molar-refractivity contribution in [2.45, 2.75) is 38.6 Å². The first kappa shape index (κ1) is 8.94. The smallest absolute Gasteiger partial charge is 0.130 e. The van der Waals surface area contributed by atoms with Crippen molar-refractivity contribution in [3.63, 3.8) is 0 Å². The molecule has 0 bridgehead atoms. The van der Waals surface area contributed by atoms with Crippen molar-refractivity contribution in [3.05, 3.63) is 6.20 Å². The summed E-state index contributed by atoms with van der Waals surface area (Å²) in [5.74, 6) is 0.961. The quantitative estimate of drug-likeness (QED) is 0.806. The summed E-state index contributed by atoms with van der Waals surface area (Å²) in [4.78, 5) is 0. The summed E-state index contributed by atoms with van der Waals surface area (Å²) in [6.45, 7) is 2.23. The first-order valence-electron chi connectivity index (χ1n) is 4.88. The van der Waals surface area contributed by atoms with E-state index in [9.17, 15) is 0 Å². The van der Waals surface area contributed by atoms with Gasteiger partial charge in [-0.25, -0.2) is 0 Å².